The number of hydrogen-bond donors (Lipinski definition) is 1. The van der Waals surface area contributed by atoms with Gasteiger partial charge < -0.3 is 9.84 Å². The smallest absolute Gasteiger partial charge is 0.309 e. The molecule has 0 rings (SSSR count). The number of unbranched alkanes of at least 4 members (excludes halogenated alkanes) is 1. The Hall–Kier alpha value is -0.570. The lowest BCUT2D eigenvalue weighted by molar-refractivity contribution is -0.155. The summed E-state index contributed by atoms with van der Waals surface area (Å²) in [5.41, 5.74) is 0.194. The molecule has 1 atom stereocenters. The van der Waals surface area contributed by atoms with Gasteiger partial charge in [-0.15, -0.1) is 0 Å². The minimum Gasteiger partial charge on any atom is -0.465 e. The lowest BCUT2D eigenvalue weighted by Crippen LogP contribution is -2.38. The van der Waals surface area contributed by atoms with E-state index in [4.69, 9.17) is 9.84 Å². The Balaban J connectivity index is 5.05. The van der Waals surface area contributed by atoms with E-state index in [1.54, 1.807) is 0 Å². The molecule has 0 aromatic carbocycles. The summed E-state index contributed by atoms with van der Waals surface area (Å²) in [6.07, 6.45) is 6.48. The van der Waals surface area contributed by atoms with Crippen LogP contribution in [0.15, 0.2) is 0 Å². The van der Waals surface area contributed by atoms with E-state index in [0.717, 1.165) is 38.5 Å². The topological polar surface area (TPSA) is 46.5 Å². The highest BCUT2D eigenvalue weighted by Crippen LogP contribution is 2.44. The average molecular weight is 315 g/mol. The summed E-state index contributed by atoms with van der Waals surface area (Å²) in [6.45, 7) is 13.9. The van der Waals surface area contributed by atoms with Crippen LogP contribution in [0.5, 0.6) is 0 Å². The van der Waals surface area contributed by atoms with Crippen molar-refractivity contribution in [1.82, 2.24) is 0 Å². The standard InChI is InChI=1S/C19H38O3/c1-7-18(5,8-2)15-16(19(6,9-3)10-4)17(21)22-14-12-11-13-20/h16,20H,7-15H2,1-6H3. The molecule has 0 amide bonds. The second-order valence-corrected chi connectivity index (χ2v) is 7.23. The first-order chi connectivity index (χ1) is 10.3. The van der Waals surface area contributed by atoms with Gasteiger partial charge in [0, 0.05) is 6.61 Å². The second kappa shape index (κ2) is 10.3. The molecule has 22 heavy (non-hydrogen) atoms. The third-order valence-electron chi connectivity index (χ3n) is 5.94. The van der Waals surface area contributed by atoms with Gasteiger partial charge in [-0.3, -0.25) is 4.79 Å². The molecule has 0 aliphatic carbocycles. The zero-order valence-electron chi connectivity index (χ0n) is 15.7. The molecule has 0 aromatic rings. The van der Waals surface area contributed by atoms with Gasteiger partial charge in [0.15, 0.2) is 0 Å². The van der Waals surface area contributed by atoms with E-state index in [-0.39, 0.29) is 29.3 Å². The first-order valence-electron chi connectivity index (χ1n) is 9.09. The van der Waals surface area contributed by atoms with E-state index in [9.17, 15) is 4.79 Å². The molecule has 3 heteroatoms. The van der Waals surface area contributed by atoms with Crippen molar-refractivity contribution in [1.29, 1.82) is 0 Å². The summed E-state index contributed by atoms with van der Waals surface area (Å²) in [7, 11) is 0. The molecule has 0 aliphatic rings. The largest absolute Gasteiger partial charge is 0.465 e. The first kappa shape index (κ1) is 21.4. The molecule has 0 radical (unpaired) electrons. The molecule has 132 valence electrons. The van der Waals surface area contributed by atoms with Crippen LogP contribution in [0.2, 0.25) is 0 Å². The Labute approximate surface area is 137 Å². The Morgan fingerprint density at radius 1 is 1.00 bits per heavy atom. The van der Waals surface area contributed by atoms with Gasteiger partial charge in [0.1, 0.15) is 0 Å². The Morgan fingerprint density at radius 3 is 1.95 bits per heavy atom. The lowest BCUT2D eigenvalue weighted by atomic mass is 9.65. The molecule has 0 fully saturated rings. The van der Waals surface area contributed by atoms with Crippen LogP contribution in [0, 0.1) is 16.7 Å². The minimum atomic E-state index is -0.0442. The van der Waals surface area contributed by atoms with Crippen LogP contribution in [0.25, 0.3) is 0 Å². The maximum Gasteiger partial charge on any atom is 0.309 e. The number of rotatable bonds is 12. The molecule has 0 aromatic heterocycles. The van der Waals surface area contributed by atoms with Crippen LogP contribution in [0.3, 0.4) is 0 Å². The van der Waals surface area contributed by atoms with Gasteiger partial charge >= 0.3 is 5.97 Å². The monoisotopic (exact) mass is 314 g/mol. The number of esters is 1. The van der Waals surface area contributed by atoms with Crippen LogP contribution >= 0.6 is 0 Å². The number of ether oxygens (including phenoxy) is 1. The number of hydrogen-bond acceptors (Lipinski definition) is 3. The van der Waals surface area contributed by atoms with Gasteiger partial charge in [-0.05, 0) is 42.9 Å². The minimum absolute atomic E-state index is 0.000335. The SMILES string of the molecule is CCC(C)(CC)CC(C(=O)OCCCCO)C(C)(CC)CC. The highest BCUT2D eigenvalue weighted by atomic mass is 16.5. The molecular formula is C19H38O3. The van der Waals surface area contributed by atoms with E-state index in [0.29, 0.717) is 13.0 Å². The van der Waals surface area contributed by atoms with Gasteiger partial charge in [0.2, 0.25) is 0 Å². The van der Waals surface area contributed by atoms with Gasteiger partial charge in [0.25, 0.3) is 0 Å². The summed E-state index contributed by atoms with van der Waals surface area (Å²) < 4.78 is 5.54. The van der Waals surface area contributed by atoms with E-state index < -0.39 is 0 Å². The highest BCUT2D eigenvalue weighted by Gasteiger charge is 2.41. The average Bonchev–Trinajstić information content (AvgIpc) is 2.55. The third kappa shape index (κ3) is 6.28. The molecule has 3 nitrogen and oxygen atoms in total. The van der Waals surface area contributed by atoms with E-state index >= 15 is 0 Å². The van der Waals surface area contributed by atoms with Gasteiger partial charge in [0.05, 0.1) is 12.5 Å². The predicted octanol–water partition coefficient (Wildman–Crippen LogP) is 4.96. The van der Waals surface area contributed by atoms with Crippen LogP contribution < -0.4 is 0 Å². The molecule has 1 unspecified atom stereocenters. The van der Waals surface area contributed by atoms with Crippen molar-refractivity contribution in [2.24, 2.45) is 16.7 Å². The number of carbonyl (C=O) groups excluding carboxylic acids is 1. The highest BCUT2D eigenvalue weighted by molar-refractivity contribution is 5.73. The van der Waals surface area contributed by atoms with Crippen LogP contribution in [0.1, 0.15) is 86.5 Å². The van der Waals surface area contributed by atoms with E-state index in [2.05, 4.69) is 41.5 Å². The molecule has 0 saturated carbocycles. The zero-order valence-corrected chi connectivity index (χ0v) is 15.7. The number of carbonyl (C=O) groups is 1. The fraction of sp³-hybridized carbons (Fsp3) is 0.947. The van der Waals surface area contributed by atoms with Crippen LogP contribution in [0.4, 0.5) is 0 Å². The summed E-state index contributed by atoms with van der Waals surface area (Å²) >= 11 is 0. The lowest BCUT2D eigenvalue weighted by Gasteiger charge is -2.40. The molecule has 0 heterocycles. The summed E-state index contributed by atoms with van der Waals surface area (Å²) in [4.78, 5) is 12.7. The van der Waals surface area contributed by atoms with Crippen molar-refractivity contribution in [3.05, 3.63) is 0 Å². The van der Waals surface area contributed by atoms with Crippen molar-refractivity contribution in [3.8, 4) is 0 Å². The summed E-state index contributed by atoms with van der Waals surface area (Å²) in [6, 6.07) is 0. The number of aliphatic hydroxyl groups is 1. The number of aliphatic hydroxyl groups excluding tert-OH is 1. The van der Waals surface area contributed by atoms with E-state index in [1.807, 2.05) is 0 Å². The van der Waals surface area contributed by atoms with Crippen molar-refractivity contribution in [2.75, 3.05) is 13.2 Å². The van der Waals surface area contributed by atoms with Crippen LogP contribution in [-0.4, -0.2) is 24.3 Å². The molecule has 1 N–H and O–H groups in total. The summed E-state index contributed by atoms with van der Waals surface area (Å²) in [5, 5.41) is 8.82. The maximum atomic E-state index is 12.7. The fourth-order valence-electron chi connectivity index (χ4n) is 2.88. The van der Waals surface area contributed by atoms with Crippen molar-refractivity contribution >= 4 is 5.97 Å². The maximum absolute atomic E-state index is 12.7. The normalized spacial score (nSPS) is 14.0. The molecule has 0 aliphatic heterocycles. The van der Waals surface area contributed by atoms with Crippen molar-refractivity contribution in [3.63, 3.8) is 0 Å². The fourth-order valence-corrected chi connectivity index (χ4v) is 2.88. The Morgan fingerprint density at radius 2 is 1.55 bits per heavy atom. The van der Waals surface area contributed by atoms with Crippen molar-refractivity contribution in [2.45, 2.75) is 86.5 Å². The summed E-state index contributed by atoms with van der Waals surface area (Å²) in [5.74, 6) is -0.0845. The van der Waals surface area contributed by atoms with Gasteiger partial charge in [-0.25, -0.2) is 0 Å². The van der Waals surface area contributed by atoms with Crippen molar-refractivity contribution < 1.29 is 14.6 Å². The Kier molecular flexibility index (Phi) is 9.99. The van der Waals surface area contributed by atoms with Gasteiger partial charge in [-0.2, -0.15) is 0 Å². The first-order valence-corrected chi connectivity index (χ1v) is 9.09. The molecule has 0 spiro atoms. The second-order valence-electron chi connectivity index (χ2n) is 7.23. The molecule has 0 saturated heterocycles. The zero-order chi connectivity index (χ0) is 17.2. The molecule has 0 bridgehead atoms. The van der Waals surface area contributed by atoms with E-state index in [1.165, 1.54) is 0 Å². The molecular weight excluding hydrogens is 276 g/mol. The third-order valence-corrected chi connectivity index (χ3v) is 5.94. The predicted molar refractivity (Wildman–Crippen MR) is 92.8 cm³/mol. The van der Waals surface area contributed by atoms with Crippen LogP contribution in [-0.2, 0) is 9.53 Å². The van der Waals surface area contributed by atoms with Gasteiger partial charge in [-0.1, -0.05) is 54.4 Å². The Bertz CT molecular complexity index is 304. The quantitative estimate of drug-likeness (QED) is 0.409.